The van der Waals surface area contributed by atoms with Crippen LogP contribution in [0.4, 0.5) is 0 Å². The highest BCUT2D eigenvalue weighted by Crippen LogP contribution is 2.18. The van der Waals surface area contributed by atoms with E-state index in [1.165, 1.54) is 6.26 Å². The van der Waals surface area contributed by atoms with Gasteiger partial charge >= 0.3 is 5.63 Å². The van der Waals surface area contributed by atoms with E-state index in [0.29, 0.717) is 17.6 Å². The highest BCUT2D eigenvalue weighted by Gasteiger charge is 2.04. The molecule has 0 bridgehead atoms. The Morgan fingerprint density at radius 3 is 3.00 bits per heavy atom. The number of hydrogen-bond acceptors (Lipinski definition) is 4. The Hall–Kier alpha value is -1.81. The third kappa shape index (κ3) is 2.65. The number of benzene rings is 1. The second-order valence-electron chi connectivity index (χ2n) is 3.83. The summed E-state index contributed by atoms with van der Waals surface area (Å²) in [5.74, 6) is 0.635. The summed E-state index contributed by atoms with van der Waals surface area (Å²) in [6.45, 7) is 2.14. The lowest BCUT2D eigenvalue weighted by Gasteiger charge is -2.10. The summed E-state index contributed by atoms with van der Waals surface area (Å²) in [7, 11) is 0. The van der Waals surface area contributed by atoms with Crippen LogP contribution in [0.3, 0.4) is 0 Å². The molecule has 0 saturated heterocycles. The van der Waals surface area contributed by atoms with Gasteiger partial charge in [0.05, 0.1) is 17.8 Å². The van der Waals surface area contributed by atoms with Gasteiger partial charge in [0.15, 0.2) is 0 Å². The number of aliphatic hydroxyl groups excluding tert-OH is 1. The lowest BCUT2D eigenvalue weighted by molar-refractivity contribution is 0.104. The van der Waals surface area contributed by atoms with Crippen LogP contribution < -0.4 is 10.4 Å². The Morgan fingerprint density at radius 2 is 2.24 bits per heavy atom. The van der Waals surface area contributed by atoms with Crippen molar-refractivity contribution >= 4 is 10.8 Å². The van der Waals surface area contributed by atoms with Crippen LogP contribution in [0.2, 0.25) is 0 Å². The van der Waals surface area contributed by atoms with Gasteiger partial charge in [-0.3, -0.25) is 0 Å². The molecule has 2 rings (SSSR count). The van der Waals surface area contributed by atoms with Crippen LogP contribution in [0.15, 0.2) is 39.7 Å². The van der Waals surface area contributed by atoms with Crippen LogP contribution in [0, 0.1) is 0 Å². The summed E-state index contributed by atoms with van der Waals surface area (Å²) in [4.78, 5) is 11.4. The molecule has 0 aliphatic carbocycles. The van der Waals surface area contributed by atoms with Gasteiger partial charge in [0.2, 0.25) is 0 Å². The van der Waals surface area contributed by atoms with E-state index in [9.17, 15) is 9.90 Å². The minimum Gasteiger partial charge on any atom is -0.491 e. The topological polar surface area (TPSA) is 59.7 Å². The van der Waals surface area contributed by atoms with Crippen molar-refractivity contribution < 1.29 is 14.3 Å². The largest absolute Gasteiger partial charge is 0.491 e. The summed E-state index contributed by atoms with van der Waals surface area (Å²) in [5.41, 5.74) is -0.359. The number of aliphatic hydroxyl groups is 1. The van der Waals surface area contributed by atoms with Gasteiger partial charge in [-0.05, 0) is 36.1 Å². The van der Waals surface area contributed by atoms with Crippen molar-refractivity contribution in [2.24, 2.45) is 0 Å². The van der Waals surface area contributed by atoms with Crippen molar-refractivity contribution in [1.82, 2.24) is 0 Å². The fourth-order valence-corrected chi connectivity index (χ4v) is 1.50. The first-order valence-corrected chi connectivity index (χ1v) is 5.53. The third-order valence-electron chi connectivity index (χ3n) is 2.58. The number of ether oxygens (including phenoxy) is 1. The average molecular weight is 234 g/mol. The molecule has 1 unspecified atom stereocenters. The zero-order valence-corrected chi connectivity index (χ0v) is 9.55. The maximum Gasteiger partial charge on any atom is 0.343 e. The van der Waals surface area contributed by atoms with Gasteiger partial charge in [-0.15, -0.1) is 0 Å². The van der Waals surface area contributed by atoms with E-state index in [1.54, 1.807) is 24.3 Å². The predicted octanol–water partition coefficient (Wildman–Crippen LogP) is 1.94. The minimum atomic E-state index is -0.466. The second-order valence-corrected chi connectivity index (χ2v) is 3.83. The van der Waals surface area contributed by atoms with Crippen molar-refractivity contribution in [3.63, 3.8) is 0 Å². The number of hydrogen-bond donors (Lipinski definition) is 1. The smallest absolute Gasteiger partial charge is 0.343 e. The zero-order valence-electron chi connectivity index (χ0n) is 9.55. The molecular weight excluding hydrogens is 220 g/mol. The van der Waals surface area contributed by atoms with Gasteiger partial charge in [0.1, 0.15) is 12.4 Å². The highest BCUT2D eigenvalue weighted by molar-refractivity contribution is 5.82. The summed E-state index contributed by atoms with van der Waals surface area (Å²) in [6, 6.07) is 6.82. The Bertz CT molecular complexity index is 559. The van der Waals surface area contributed by atoms with Crippen LogP contribution in [0.25, 0.3) is 10.8 Å². The van der Waals surface area contributed by atoms with E-state index in [2.05, 4.69) is 0 Å². The van der Waals surface area contributed by atoms with Crippen molar-refractivity contribution in [3.05, 3.63) is 40.9 Å². The molecule has 1 N–H and O–H groups in total. The lowest BCUT2D eigenvalue weighted by Crippen LogP contribution is -2.15. The molecule has 0 amide bonds. The molecule has 1 heterocycles. The molecule has 0 aliphatic heterocycles. The van der Waals surface area contributed by atoms with Gasteiger partial charge in [0, 0.05) is 0 Å². The van der Waals surface area contributed by atoms with E-state index in [1.807, 2.05) is 6.92 Å². The first-order chi connectivity index (χ1) is 8.20. The molecule has 4 heteroatoms. The predicted molar refractivity (Wildman–Crippen MR) is 64.3 cm³/mol. The molecule has 2 aromatic rings. The van der Waals surface area contributed by atoms with Crippen LogP contribution >= 0.6 is 0 Å². The molecule has 0 aliphatic rings. The molecule has 90 valence electrons. The van der Waals surface area contributed by atoms with Crippen molar-refractivity contribution in [1.29, 1.82) is 0 Å². The van der Waals surface area contributed by atoms with Gasteiger partial charge < -0.3 is 14.3 Å². The Kier molecular flexibility index (Phi) is 3.44. The molecular formula is C13H14O4. The van der Waals surface area contributed by atoms with Crippen LogP contribution in [-0.2, 0) is 0 Å². The summed E-state index contributed by atoms with van der Waals surface area (Å²) in [5, 5.41) is 10.7. The average Bonchev–Trinajstić information content (AvgIpc) is 2.36. The molecule has 1 aromatic carbocycles. The standard InChI is InChI=1S/C13H14O4/c1-2-10(14)8-17-11-3-4-12-9(7-11)5-6-16-13(12)15/h3-7,10,14H,2,8H2,1H3. The Balaban J connectivity index is 2.23. The summed E-state index contributed by atoms with van der Waals surface area (Å²) >= 11 is 0. The molecule has 17 heavy (non-hydrogen) atoms. The van der Waals surface area contributed by atoms with E-state index in [0.717, 1.165) is 5.39 Å². The van der Waals surface area contributed by atoms with Crippen molar-refractivity contribution in [3.8, 4) is 5.75 Å². The second kappa shape index (κ2) is 5.01. The molecule has 1 atom stereocenters. The molecule has 0 saturated carbocycles. The lowest BCUT2D eigenvalue weighted by atomic mass is 10.2. The fraction of sp³-hybridized carbons (Fsp3) is 0.308. The summed E-state index contributed by atoms with van der Waals surface area (Å²) in [6.07, 6.45) is 1.54. The monoisotopic (exact) mass is 234 g/mol. The normalized spacial score (nSPS) is 12.6. The maximum absolute atomic E-state index is 11.4. The summed E-state index contributed by atoms with van der Waals surface area (Å²) < 4.78 is 10.2. The van der Waals surface area contributed by atoms with Gasteiger partial charge in [-0.1, -0.05) is 6.92 Å². The van der Waals surface area contributed by atoms with E-state index in [4.69, 9.17) is 9.15 Å². The molecule has 4 nitrogen and oxygen atoms in total. The Labute approximate surface area is 98.4 Å². The van der Waals surface area contributed by atoms with Gasteiger partial charge in [-0.25, -0.2) is 4.79 Å². The zero-order chi connectivity index (χ0) is 12.3. The van der Waals surface area contributed by atoms with Crippen LogP contribution in [0.5, 0.6) is 5.75 Å². The highest BCUT2D eigenvalue weighted by atomic mass is 16.5. The van der Waals surface area contributed by atoms with Crippen molar-refractivity contribution in [2.75, 3.05) is 6.61 Å². The maximum atomic E-state index is 11.4. The van der Waals surface area contributed by atoms with Gasteiger partial charge in [-0.2, -0.15) is 0 Å². The molecule has 0 fully saturated rings. The van der Waals surface area contributed by atoms with E-state index >= 15 is 0 Å². The number of fused-ring (bicyclic) bond motifs is 1. The van der Waals surface area contributed by atoms with Gasteiger partial charge in [0.25, 0.3) is 0 Å². The van der Waals surface area contributed by atoms with E-state index in [-0.39, 0.29) is 12.2 Å². The first-order valence-electron chi connectivity index (χ1n) is 5.53. The molecule has 0 radical (unpaired) electrons. The Morgan fingerprint density at radius 1 is 1.41 bits per heavy atom. The quantitative estimate of drug-likeness (QED) is 0.878. The number of rotatable bonds is 4. The van der Waals surface area contributed by atoms with Crippen LogP contribution in [-0.4, -0.2) is 17.8 Å². The fourth-order valence-electron chi connectivity index (χ4n) is 1.50. The molecule has 0 spiro atoms. The third-order valence-corrected chi connectivity index (χ3v) is 2.58. The SMILES string of the molecule is CCC(O)COc1ccc2c(=O)occc2c1. The first kappa shape index (κ1) is 11.7. The van der Waals surface area contributed by atoms with Crippen molar-refractivity contribution in [2.45, 2.75) is 19.4 Å². The minimum absolute atomic E-state index is 0.253. The molecule has 1 aromatic heterocycles. The van der Waals surface area contributed by atoms with Crippen LogP contribution in [0.1, 0.15) is 13.3 Å². The van der Waals surface area contributed by atoms with E-state index < -0.39 is 6.10 Å².